The summed E-state index contributed by atoms with van der Waals surface area (Å²) < 4.78 is 1.84. The average Bonchev–Trinajstić information content (AvgIpc) is 2.68. The lowest BCUT2D eigenvalue weighted by molar-refractivity contribution is -0.120. The van der Waals surface area contributed by atoms with Crippen LogP contribution in [0.25, 0.3) is 0 Å². The van der Waals surface area contributed by atoms with Crippen molar-refractivity contribution in [2.24, 2.45) is 7.05 Å². The van der Waals surface area contributed by atoms with Crippen LogP contribution >= 0.6 is 0 Å². The van der Waals surface area contributed by atoms with Crippen molar-refractivity contribution >= 4 is 5.91 Å². The summed E-state index contributed by atoms with van der Waals surface area (Å²) in [5.74, 6) is 0.0962. The number of likely N-dealkylation sites (tertiary alicyclic amines) is 1. The molecule has 0 unspecified atom stereocenters. The number of carbonyl (C=O) groups is 1. The van der Waals surface area contributed by atoms with Crippen molar-refractivity contribution in [3.05, 3.63) is 17.0 Å². The Morgan fingerprint density at radius 1 is 1.38 bits per heavy atom. The van der Waals surface area contributed by atoms with Crippen molar-refractivity contribution in [1.82, 2.24) is 20.0 Å². The topological polar surface area (TPSA) is 50.2 Å². The quantitative estimate of drug-likeness (QED) is 0.896. The first-order valence-electron chi connectivity index (χ1n) is 7.99. The van der Waals surface area contributed by atoms with Crippen LogP contribution in [0.4, 0.5) is 0 Å². The molecule has 1 atom stereocenters. The normalized spacial score (nSPS) is 19.7. The summed E-state index contributed by atoms with van der Waals surface area (Å²) in [6.45, 7) is 9.11. The summed E-state index contributed by atoms with van der Waals surface area (Å²) >= 11 is 0. The molecule has 21 heavy (non-hydrogen) atoms. The Kier molecular flexibility index (Phi) is 5.39. The Morgan fingerprint density at radius 3 is 2.76 bits per heavy atom. The van der Waals surface area contributed by atoms with Gasteiger partial charge in [-0.1, -0.05) is 6.42 Å². The molecule has 1 amide bonds. The van der Waals surface area contributed by atoms with E-state index in [-0.39, 0.29) is 5.91 Å². The van der Waals surface area contributed by atoms with Gasteiger partial charge in [0.05, 0.1) is 12.1 Å². The molecule has 1 fully saturated rings. The third kappa shape index (κ3) is 4.06. The van der Waals surface area contributed by atoms with Crippen LogP contribution in [0, 0.1) is 13.8 Å². The Hall–Kier alpha value is -1.36. The van der Waals surface area contributed by atoms with Crippen LogP contribution in [0.2, 0.25) is 0 Å². The fraction of sp³-hybridized carbons (Fsp3) is 0.750. The number of aryl methyl sites for hydroxylation is 2. The number of piperidine rings is 1. The van der Waals surface area contributed by atoms with Crippen LogP contribution in [-0.2, 0) is 18.3 Å². The van der Waals surface area contributed by atoms with Gasteiger partial charge in [-0.05, 0) is 40.2 Å². The molecular formula is C16H28N4O. The van der Waals surface area contributed by atoms with Crippen LogP contribution in [-0.4, -0.2) is 46.3 Å². The molecule has 1 aromatic rings. The number of hydrogen-bond acceptors (Lipinski definition) is 3. The van der Waals surface area contributed by atoms with Crippen LogP contribution in [0.3, 0.4) is 0 Å². The third-order valence-electron chi connectivity index (χ3n) is 4.66. The lowest BCUT2D eigenvalue weighted by Gasteiger charge is -2.33. The molecule has 2 heterocycles. The van der Waals surface area contributed by atoms with Crippen molar-refractivity contribution in [2.45, 2.75) is 52.5 Å². The Balaban J connectivity index is 1.77. The number of carbonyl (C=O) groups excluding carboxylic acids is 1. The van der Waals surface area contributed by atoms with Gasteiger partial charge in [-0.15, -0.1) is 0 Å². The van der Waals surface area contributed by atoms with E-state index in [1.165, 1.54) is 19.3 Å². The monoisotopic (exact) mass is 292 g/mol. The lowest BCUT2D eigenvalue weighted by atomic mass is 10.0. The summed E-state index contributed by atoms with van der Waals surface area (Å²) in [6, 6.07) is 0.651. The van der Waals surface area contributed by atoms with E-state index in [4.69, 9.17) is 0 Å². The highest BCUT2D eigenvalue weighted by Crippen LogP contribution is 2.15. The van der Waals surface area contributed by atoms with Crippen molar-refractivity contribution in [3.8, 4) is 0 Å². The van der Waals surface area contributed by atoms with Crippen molar-refractivity contribution < 1.29 is 4.79 Å². The molecule has 2 rings (SSSR count). The first-order valence-corrected chi connectivity index (χ1v) is 7.99. The summed E-state index contributed by atoms with van der Waals surface area (Å²) in [5.41, 5.74) is 3.09. The zero-order valence-electron chi connectivity index (χ0n) is 13.8. The second-order valence-corrected chi connectivity index (χ2v) is 6.18. The molecule has 0 saturated carbocycles. The average molecular weight is 292 g/mol. The Bertz CT molecular complexity index is 495. The molecule has 1 N–H and O–H groups in total. The highest BCUT2D eigenvalue weighted by atomic mass is 16.1. The molecule has 0 aliphatic carbocycles. The molecule has 5 heteroatoms. The van der Waals surface area contributed by atoms with Crippen LogP contribution in [0.5, 0.6) is 0 Å². The Labute approximate surface area is 127 Å². The number of amides is 1. The van der Waals surface area contributed by atoms with Gasteiger partial charge in [-0.3, -0.25) is 14.4 Å². The minimum absolute atomic E-state index is 0.0962. The zero-order chi connectivity index (χ0) is 15.4. The Morgan fingerprint density at radius 2 is 2.14 bits per heavy atom. The molecule has 1 saturated heterocycles. The van der Waals surface area contributed by atoms with Gasteiger partial charge in [0.1, 0.15) is 0 Å². The maximum Gasteiger partial charge on any atom is 0.224 e. The van der Waals surface area contributed by atoms with E-state index in [2.05, 4.69) is 22.2 Å². The molecule has 0 aromatic carbocycles. The van der Waals surface area contributed by atoms with E-state index in [1.54, 1.807) is 0 Å². The van der Waals surface area contributed by atoms with Crippen LogP contribution in [0.1, 0.15) is 43.1 Å². The minimum Gasteiger partial charge on any atom is -0.355 e. The van der Waals surface area contributed by atoms with Gasteiger partial charge in [0, 0.05) is 37.4 Å². The highest BCUT2D eigenvalue weighted by molar-refractivity contribution is 5.79. The van der Waals surface area contributed by atoms with Crippen LogP contribution in [0.15, 0.2) is 0 Å². The van der Waals surface area contributed by atoms with E-state index in [0.29, 0.717) is 12.5 Å². The summed E-state index contributed by atoms with van der Waals surface area (Å²) in [4.78, 5) is 14.6. The molecular weight excluding hydrogens is 264 g/mol. The lowest BCUT2D eigenvalue weighted by Crippen LogP contribution is -2.42. The molecule has 5 nitrogen and oxygen atoms in total. The van der Waals surface area contributed by atoms with Gasteiger partial charge in [0.2, 0.25) is 5.91 Å². The summed E-state index contributed by atoms with van der Waals surface area (Å²) in [5, 5.41) is 7.40. The smallest absolute Gasteiger partial charge is 0.224 e. The van der Waals surface area contributed by atoms with E-state index in [1.807, 2.05) is 25.6 Å². The number of rotatable bonds is 5. The molecule has 1 aromatic heterocycles. The standard InChI is InChI=1S/C16H28N4O/c1-12-7-5-6-9-20(12)10-8-17-16(21)11-15-13(2)18-19(4)14(15)3/h12H,5-11H2,1-4H3,(H,17,21)/t12-/m1/s1. The second-order valence-electron chi connectivity index (χ2n) is 6.18. The maximum absolute atomic E-state index is 12.1. The number of nitrogens with one attached hydrogen (secondary N) is 1. The van der Waals surface area contributed by atoms with Gasteiger partial charge in [0.25, 0.3) is 0 Å². The molecule has 1 aliphatic rings. The van der Waals surface area contributed by atoms with Gasteiger partial charge < -0.3 is 5.32 Å². The first-order chi connectivity index (χ1) is 9.99. The minimum atomic E-state index is 0.0962. The number of hydrogen-bond donors (Lipinski definition) is 1. The molecule has 0 radical (unpaired) electrons. The third-order valence-corrected chi connectivity index (χ3v) is 4.66. The predicted molar refractivity (Wildman–Crippen MR) is 84.3 cm³/mol. The van der Waals surface area contributed by atoms with Crippen molar-refractivity contribution in [3.63, 3.8) is 0 Å². The van der Waals surface area contributed by atoms with Crippen LogP contribution < -0.4 is 5.32 Å². The van der Waals surface area contributed by atoms with Gasteiger partial charge in [-0.2, -0.15) is 5.10 Å². The number of aromatic nitrogens is 2. The highest BCUT2D eigenvalue weighted by Gasteiger charge is 2.18. The van der Waals surface area contributed by atoms with E-state index >= 15 is 0 Å². The molecule has 1 aliphatic heterocycles. The fourth-order valence-electron chi connectivity index (χ4n) is 3.13. The predicted octanol–water partition coefficient (Wildman–Crippen LogP) is 1.57. The van der Waals surface area contributed by atoms with E-state index < -0.39 is 0 Å². The maximum atomic E-state index is 12.1. The molecule has 0 spiro atoms. The zero-order valence-corrected chi connectivity index (χ0v) is 13.8. The molecule has 0 bridgehead atoms. The second kappa shape index (κ2) is 7.07. The largest absolute Gasteiger partial charge is 0.355 e. The summed E-state index contributed by atoms with van der Waals surface area (Å²) in [6.07, 6.45) is 4.33. The SMILES string of the molecule is Cc1nn(C)c(C)c1CC(=O)NCCN1CCCC[C@H]1C. The molecule has 118 valence electrons. The van der Waals surface area contributed by atoms with Gasteiger partial charge >= 0.3 is 0 Å². The van der Waals surface area contributed by atoms with Crippen molar-refractivity contribution in [1.29, 1.82) is 0 Å². The number of nitrogens with zero attached hydrogens (tertiary/aromatic N) is 3. The fourth-order valence-corrected chi connectivity index (χ4v) is 3.13. The summed E-state index contributed by atoms with van der Waals surface area (Å²) in [7, 11) is 1.92. The van der Waals surface area contributed by atoms with E-state index in [9.17, 15) is 4.79 Å². The van der Waals surface area contributed by atoms with Crippen molar-refractivity contribution in [2.75, 3.05) is 19.6 Å². The van der Waals surface area contributed by atoms with E-state index in [0.717, 1.165) is 36.6 Å². The van der Waals surface area contributed by atoms with Gasteiger partial charge in [0.15, 0.2) is 0 Å². The first kappa shape index (κ1) is 16.0. The van der Waals surface area contributed by atoms with Gasteiger partial charge in [-0.25, -0.2) is 0 Å².